The van der Waals surface area contributed by atoms with Gasteiger partial charge in [0, 0.05) is 12.5 Å². The van der Waals surface area contributed by atoms with Crippen molar-refractivity contribution in [3.8, 4) is 0 Å². The van der Waals surface area contributed by atoms with Crippen molar-refractivity contribution in [3.63, 3.8) is 0 Å². The van der Waals surface area contributed by atoms with Crippen LogP contribution in [0.5, 0.6) is 0 Å². The van der Waals surface area contributed by atoms with Gasteiger partial charge in [-0.3, -0.25) is 4.79 Å². The Labute approximate surface area is 116 Å². The predicted molar refractivity (Wildman–Crippen MR) is 67.0 cm³/mol. The van der Waals surface area contributed by atoms with Crippen molar-refractivity contribution >= 4 is 5.91 Å². The number of halogens is 3. The Morgan fingerprint density at radius 2 is 2.05 bits per heavy atom. The number of nitrogens with one attached hydrogen (secondary N) is 1. The number of amides is 1. The van der Waals surface area contributed by atoms with Crippen LogP contribution in [0.4, 0.5) is 13.2 Å². The molecule has 0 aromatic heterocycles. The fourth-order valence-corrected chi connectivity index (χ4v) is 2.75. The molecule has 0 saturated heterocycles. The molecule has 0 heterocycles. The number of primary amides is 1. The number of carbonyl (C=O) groups is 1. The summed E-state index contributed by atoms with van der Waals surface area (Å²) in [6.45, 7) is -0.355. The molecule has 2 aliphatic rings. The average Bonchev–Trinajstić information content (AvgIpc) is 3.11. The Hall–Kier alpha value is -0.820. The molecule has 3 N–H and O–H groups in total. The molecule has 2 fully saturated rings. The monoisotopic (exact) mass is 294 g/mol. The van der Waals surface area contributed by atoms with Gasteiger partial charge in [-0.2, -0.15) is 13.2 Å². The van der Waals surface area contributed by atoms with Crippen LogP contribution in [0.25, 0.3) is 0 Å². The quantitative estimate of drug-likeness (QED) is 0.786. The number of carbonyl (C=O) groups excluding carboxylic acids is 1. The fourth-order valence-electron chi connectivity index (χ4n) is 2.75. The first-order chi connectivity index (χ1) is 9.31. The molecular weight excluding hydrogens is 273 g/mol. The van der Waals surface area contributed by atoms with Gasteiger partial charge in [-0.1, -0.05) is 0 Å². The fraction of sp³-hybridized carbons (Fsp3) is 0.923. The summed E-state index contributed by atoms with van der Waals surface area (Å²) in [5, 5.41) is 3.27. The van der Waals surface area contributed by atoms with Crippen LogP contribution in [-0.2, 0) is 9.53 Å². The van der Waals surface area contributed by atoms with Gasteiger partial charge in [0.2, 0.25) is 5.91 Å². The van der Waals surface area contributed by atoms with Gasteiger partial charge in [-0.05, 0) is 32.1 Å². The first-order valence-electron chi connectivity index (χ1n) is 7.07. The van der Waals surface area contributed by atoms with Crippen LogP contribution in [0.15, 0.2) is 0 Å². The Balaban J connectivity index is 1.87. The summed E-state index contributed by atoms with van der Waals surface area (Å²) < 4.78 is 41.6. The number of hydrogen-bond acceptors (Lipinski definition) is 3. The second-order valence-corrected chi connectivity index (χ2v) is 5.82. The van der Waals surface area contributed by atoms with Gasteiger partial charge in [0.1, 0.15) is 5.54 Å². The maximum Gasteiger partial charge on any atom is 0.391 e. The van der Waals surface area contributed by atoms with E-state index in [0.717, 1.165) is 19.3 Å². The molecule has 0 aromatic carbocycles. The topological polar surface area (TPSA) is 64.4 Å². The minimum absolute atomic E-state index is 0.316. The summed E-state index contributed by atoms with van der Waals surface area (Å²) in [5.74, 6) is -0.423. The molecule has 20 heavy (non-hydrogen) atoms. The van der Waals surface area contributed by atoms with Crippen LogP contribution in [0.3, 0.4) is 0 Å². The average molecular weight is 294 g/mol. The second-order valence-electron chi connectivity index (χ2n) is 5.82. The Kier molecular flexibility index (Phi) is 4.59. The summed E-state index contributed by atoms with van der Waals surface area (Å²) in [5.41, 5.74) is 4.70. The molecule has 0 spiro atoms. The first-order valence-corrected chi connectivity index (χ1v) is 7.07. The lowest BCUT2D eigenvalue weighted by Gasteiger charge is -2.39. The van der Waals surface area contributed by atoms with Crippen molar-refractivity contribution in [1.82, 2.24) is 5.32 Å². The molecule has 0 aliphatic heterocycles. The molecule has 2 aliphatic carbocycles. The summed E-state index contributed by atoms with van der Waals surface area (Å²) in [7, 11) is 0. The van der Waals surface area contributed by atoms with Gasteiger partial charge in [0.05, 0.1) is 19.1 Å². The second kappa shape index (κ2) is 5.89. The highest BCUT2D eigenvalue weighted by Crippen LogP contribution is 2.34. The molecule has 0 aromatic rings. The summed E-state index contributed by atoms with van der Waals surface area (Å²) in [6, 6.07) is 0.316. The van der Waals surface area contributed by atoms with E-state index < -0.39 is 24.0 Å². The van der Waals surface area contributed by atoms with E-state index in [1.807, 2.05) is 0 Å². The molecule has 2 rings (SSSR count). The number of rotatable bonds is 6. The van der Waals surface area contributed by atoms with Crippen molar-refractivity contribution in [2.45, 2.75) is 68.8 Å². The smallest absolute Gasteiger partial charge is 0.378 e. The van der Waals surface area contributed by atoms with Crippen LogP contribution in [0.2, 0.25) is 0 Å². The van der Waals surface area contributed by atoms with E-state index in [4.69, 9.17) is 10.5 Å². The van der Waals surface area contributed by atoms with Gasteiger partial charge in [0.25, 0.3) is 0 Å². The van der Waals surface area contributed by atoms with Crippen LogP contribution in [0.1, 0.15) is 44.9 Å². The van der Waals surface area contributed by atoms with E-state index in [1.165, 1.54) is 0 Å². The lowest BCUT2D eigenvalue weighted by molar-refractivity contribution is -0.152. The first kappa shape index (κ1) is 15.6. The van der Waals surface area contributed by atoms with Crippen LogP contribution < -0.4 is 11.1 Å². The maximum atomic E-state index is 12.1. The number of hydrogen-bond donors (Lipinski definition) is 2. The lowest BCUT2D eigenvalue weighted by Crippen LogP contribution is -2.59. The zero-order chi connectivity index (χ0) is 14.8. The highest BCUT2D eigenvalue weighted by atomic mass is 19.4. The molecule has 1 amide bonds. The predicted octanol–water partition coefficient (Wildman–Crippen LogP) is 1.87. The molecule has 2 saturated carbocycles. The summed E-state index contributed by atoms with van der Waals surface area (Å²) >= 11 is 0. The van der Waals surface area contributed by atoms with E-state index in [9.17, 15) is 18.0 Å². The van der Waals surface area contributed by atoms with Gasteiger partial charge in [-0.15, -0.1) is 0 Å². The third kappa shape index (κ3) is 4.34. The molecule has 2 unspecified atom stereocenters. The largest absolute Gasteiger partial charge is 0.391 e. The third-order valence-electron chi connectivity index (χ3n) is 3.97. The van der Waals surface area contributed by atoms with Gasteiger partial charge >= 0.3 is 6.18 Å². The minimum atomic E-state index is -4.21. The van der Waals surface area contributed by atoms with E-state index in [2.05, 4.69) is 5.32 Å². The van der Waals surface area contributed by atoms with Crippen molar-refractivity contribution in [1.29, 1.82) is 0 Å². The zero-order valence-electron chi connectivity index (χ0n) is 11.3. The molecule has 2 atom stereocenters. The molecule has 116 valence electrons. The third-order valence-corrected chi connectivity index (χ3v) is 3.97. The minimum Gasteiger partial charge on any atom is -0.378 e. The van der Waals surface area contributed by atoms with Crippen LogP contribution >= 0.6 is 0 Å². The van der Waals surface area contributed by atoms with Gasteiger partial charge in [-0.25, -0.2) is 0 Å². The molecule has 4 nitrogen and oxygen atoms in total. The zero-order valence-corrected chi connectivity index (χ0v) is 11.3. The highest BCUT2D eigenvalue weighted by molar-refractivity contribution is 5.85. The van der Waals surface area contributed by atoms with Crippen LogP contribution in [0, 0.1) is 0 Å². The van der Waals surface area contributed by atoms with Crippen molar-refractivity contribution in [2.24, 2.45) is 5.73 Å². The summed E-state index contributed by atoms with van der Waals surface area (Å²) in [6.07, 6.45) is -1.02. The Morgan fingerprint density at radius 1 is 1.35 bits per heavy atom. The van der Waals surface area contributed by atoms with Crippen molar-refractivity contribution in [3.05, 3.63) is 0 Å². The van der Waals surface area contributed by atoms with E-state index >= 15 is 0 Å². The standard InChI is InChI=1S/C13H21F3N2O2/c14-13(15,16)6-7-20-10-2-1-5-12(8-10,11(17)19)18-9-3-4-9/h9-10,18H,1-8H2,(H2,17,19). The van der Waals surface area contributed by atoms with Crippen molar-refractivity contribution in [2.75, 3.05) is 6.61 Å². The lowest BCUT2D eigenvalue weighted by atomic mass is 9.79. The summed E-state index contributed by atoms with van der Waals surface area (Å²) in [4.78, 5) is 11.7. The molecule has 0 radical (unpaired) electrons. The highest BCUT2D eigenvalue weighted by Gasteiger charge is 2.45. The SMILES string of the molecule is NC(=O)C1(NC2CC2)CCCC(OCCC(F)(F)F)C1. The van der Waals surface area contributed by atoms with Crippen LogP contribution in [-0.4, -0.2) is 36.4 Å². The van der Waals surface area contributed by atoms with E-state index in [0.29, 0.717) is 25.3 Å². The normalized spacial score (nSPS) is 31.2. The number of ether oxygens (including phenoxy) is 1. The van der Waals surface area contributed by atoms with E-state index in [-0.39, 0.29) is 12.7 Å². The Morgan fingerprint density at radius 3 is 2.60 bits per heavy atom. The molecular formula is C13H21F3N2O2. The van der Waals surface area contributed by atoms with Gasteiger partial charge < -0.3 is 15.8 Å². The van der Waals surface area contributed by atoms with Crippen molar-refractivity contribution < 1.29 is 22.7 Å². The molecule has 7 heteroatoms. The number of alkyl halides is 3. The molecule has 0 bridgehead atoms. The Bertz CT molecular complexity index is 358. The van der Waals surface area contributed by atoms with E-state index in [1.54, 1.807) is 0 Å². The number of nitrogens with two attached hydrogens (primary N) is 1. The maximum absolute atomic E-state index is 12.1. The van der Waals surface area contributed by atoms with Gasteiger partial charge in [0.15, 0.2) is 0 Å².